The molecule has 0 saturated heterocycles. The molecule has 0 heterocycles. The molecule has 0 saturated carbocycles. The molecular weight excluding hydrogens is 364 g/mol. The third-order valence-electron chi connectivity index (χ3n) is 4.75. The van der Waals surface area contributed by atoms with Crippen molar-refractivity contribution >= 4 is 37.4 Å². The molecule has 19 heavy (non-hydrogen) atoms. The van der Waals surface area contributed by atoms with Crippen LogP contribution in [0.2, 0.25) is 0 Å². The van der Waals surface area contributed by atoms with Crippen molar-refractivity contribution in [1.82, 2.24) is 0 Å². The molecule has 100 valence electrons. The van der Waals surface area contributed by atoms with Crippen molar-refractivity contribution in [3.63, 3.8) is 0 Å². The zero-order valence-corrected chi connectivity index (χ0v) is 14.5. The Morgan fingerprint density at radius 1 is 1.11 bits per heavy atom. The normalized spacial score (nSPS) is 22.3. The third-order valence-corrected chi connectivity index (χ3v) is 5.84. The summed E-state index contributed by atoms with van der Waals surface area (Å²) in [6.45, 7) is 4.64. The zero-order chi connectivity index (χ0) is 13.7. The van der Waals surface area contributed by atoms with E-state index in [9.17, 15) is 0 Å². The summed E-state index contributed by atoms with van der Waals surface area (Å²) in [6, 6.07) is 8.93. The summed E-state index contributed by atoms with van der Waals surface area (Å²) >= 11 is 7.56. The van der Waals surface area contributed by atoms with Crippen LogP contribution in [0.3, 0.4) is 0 Å². The summed E-state index contributed by atoms with van der Waals surface area (Å²) < 4.78 is -0.0730. The lowest BCUT2D eigenvalue weighted by Crippen LogP contribution is -2.28. The summed E-state index contributed by atoms with van der Waals surface area (Å²) in [5.74, 6) is 0. The maximum Gasteiger partial charge on any atom is 0.102 e. The van der Waals surface area contributed by atoms with Crippen molar-refractivity contribution in [2.24, 2.45) is 0 Å². The lowest BCUT2D eigenvalue weighted by atomic mass is 9.71. The second kappa shape index (κ2) is 4.60. The van der Waals surface area contributed by atoms with E-state index >= 15 is 0 Å². The van der Waals surface area contributed by atoms with Crippen LogP contribution in [0.1, 0.15) is 44.2 Å². The fourth-order valence-electron chi connectivity index (χ4n) is 3.73. The molecule has 0 aliphatic heterocycles. The van der Waals surface area contributed by atoms with Crippen LogP contribution in [0.25, 0.3) is 5.57 Å². The van der Waals surface area contributed by atoms with Crippen molar-refractivity contribution in [2.45, 2.75) is 41.8 Å². The van der Waals surface area contributed by atoms with Crippen LogP contribution < -0.4 is 0 Å². The SMILES string of the molecule is CCC1(CC)C2=C(C=CC(Br)(Br)C2)c2ccccc21. The monoisotopic (exact) mass is 380 g/mol. The van der Waals surface area contributed by atoms with Gasteiger partial charge in [0.1, 0.15) is 3.23 Å². The Bertz CT molecular complexity index is 575. The standard InChI is InChI=1S/C17H18Br2/c1-3-16(4-2)14-8-6-5-7-12(14)13-9-10-17(18,19)11-15(13)16/h5-10H,3-4,11H2,1-2H3. The van der Waals surface area contributed by atoms with Crippen molar-refractivity contribution in [2.75, 3.05) is 0 Å². The first kappa shape index (κ1) is 13.6. The van der Waals surface area contributed by atoms with Crippen molar-refractivity contribution < 1.29 is 0 Å². The van der Waals surface area contributed by atoms with E-state index in [4.69, 9.17) is 0 Å². The van der Waals surface area contributed by atoms with Crippen LogP contribution in [0.4, 0.5) is 0 Å². The third kappa shape index (κ3) is 1.91. The fourth-order valence-corrected chi connectivity index (χ4v) is 4.56. The van der Waals surface area contributed by atoms with E-state index < -0.39 is 0 Å². The van der Waals surface area contributed by atoms with E-state index in [2.05, 4.69) is 82.1 Å². The molecule has 2 aliphatic rings. The molecule has 0 atom stereocenters. The van der Waals surface area contributed by atoms with E-state index in [1.54, 1.807) is 5.57 Å². The summed E-state index contributed by atoms with van der Waals surface area (Å²) in [4.78, 5) is 0. The number of fused-ring (bicyclic) bond motifs is 2. The number of halogens is 2. The summed E-state index contributed by atoms with van der Waals surface area (Å²) in [5.41, 5.74) is 6.23. The Hall–Kier alpha value is -0.340. The summed E-state index contributed by atoms with van der Waals surface area (Å²) in [7, 11) is 0. The van der Waals surface area contributed by atoms with E-state index in [0.717, 1.165) is 6.42 Å². The van der Waals surface area contributed by atoms with Crippen molar-refractivity contribution in [1.29, 1.82) is 0 Å². The molecule has 0 amide bonds. The second-order valence-corrected chi connectivity index (χ2v) is 9.39. The van der Waals surface area contributed by atoms with Crippen LogP contribution in [0.15, 0.2) is 42.0 Å². The average molecular weight is 382 g/mol. The molecule has 0 bridgehead atoms. The predicted molar refractivity (Wildman–Crippen MR) is 90.0 cm³/mol. The average Bonchev–Trinajstić information content (AvgIpc) is 2.67. The maximum absolute atomic E-state index is 3.78. The van der Waals surface area contributed by atoms with Crippen LogP contribution >= 0.6 is 31.9 Å². The topological polar surface area (TPSA) is 0 Å². The highest BCUT2D eigenvalue weighted by Gasteiger charge is 2.45. The fraction of sp³-hybridized carbons (Fsp3) is 0.412. The van der Waals surface area contributed by atoms with Gasteiger partial charge in [-0.1, -0.05) is 82.1 Å². The molecule has 0 unspecified atom stereocenters. The largest absolute Gasteiger partial charge is 0.102 e. The quantitative estimate of drug-likeness (QED) is 0.554. The van der Waals surface area contributed by atoms with Gasteiger partial charge in [-0.3, -0.25) is 0 Å². The molecule has 0 N–H and O–H groups in total. The molecule has 0 spiro atoms. The van der Waals surface area contributed by atoms with Crippen LogP contribution in [-0.2, 0) is 5.41 Å². The number of alkyl halides is 2. The number of allylic oxidation sites excluding steroid dienone is 4. The minimum Gasteiger partial charge on any atom is -0.0677 e. The van der Waals surface area contributed by atoms with Gasteiger partial charge in [-0.2, -0.15) is 0 Å². The molecule has 0 radical (unpaired) electrons. The molecule has 2 aliphatic carbocycles. The van der Waals surface area contributed by atoms with Gasteiger partial charge < -0.3 is 0 Å². The molecule has 3 rings (SSSR count). The molecule has 0 fully saturated rings. The van der Waals surface area contributed by atoms with Gasteiger partial charge in [0.2, 0.25) is 0 Å². The van der Waals surface area contributed by atoms with Gasteiger partial charge in [-0.05, 0) is 41.5 Å². The molecule has 1 aromatic carbocycles. The Morgan fingerprint density at radius 2 is 1.79 bits per heavy atom. The molecule has 0 aromatic heterocycles. The maximum atomic E-state index is 3.78. The van der Waals surface area contributed by atoms with Gasteiger partial charge in [0.05, 0.1) is 0 Å². The summed E-state index contributed by atoms with van der Waals surface area (Å²) in [5, 5.41) is 0. The molecular formula is C17H18Br2. The minimum absolute atomic E-state index is 0.0730. The van der Waals surface area contributed by atoms with Crippen molar-refractivity contribution in [3.05, 3.63) is 53.1 Å². The summed E-state index contributed by atoms with van der Waals surface area (Å²) in [6.07, 6.45) is 7.89. The van der Waals surface area contributed by atoms with Gasteiger partial charge in [-0.25, -0.2) is 0 Å². The second-order valence-electron chi connectivity index (χ2n) is 5.50. The van der Waals surface area contributed by atoms with Gasteiger partial charge in [0.25, 0.3) is 0 Å². The Balaban J connectivity index is 2.25. The number of hydrogen-bond donors (Lipinski definition) is 0. The van der Waals surface area contributed by atoms with E-state index in [-0.39, 0.29) is 8.65 Å². The van der Waals surface area contributed by atoms with E-state index in [0.29, 0.717) is 0 Å². The Labute approximate surface area is 132 Å². The number of benzene rings is 1. The lowest BCUT2D eigenvalue weighted by Gasteiger charge is -2.35. The smallest absolute Gasteiger partial charge is 0.0677 e. The van der Waals surface area contributed by atoms with Gasteiger partial charge in [0.15, 0.2) is 0 Å². The number of rotatable bonds is 2. The lowest BCUT2D eigenvalue weighted by molar-refractivity contribution is 0.461. The van der Waals surface area contributed by atoms with Gasteiger partial charge in [-0.15, -0.1) is 0 Å². The first-order chi connectivity index (χ1) is 9.04. The predicted octanol–water partition coefficient (Wildman–Crippen LogP) is 5.96. The minimum atomic E-state index is -0.0730. The molecule has 1 aromatic rings. The number of hydrogen-bond acceptors (Lipinski definition) is 0. The van der Waals surface area contributed by atoms with Crippen LogP contribution in [0.5, 0.6) is 0 Å². The highest BCUT2D eigenvalue weighted by Crippen LogP contribution is 2.57. The van der Waals surface area contributed by atoms with Gasteiger partial charge in [0, 0.05) is 5.41 Å². The highest BCUT2D eigenvalue weighted by atomic mass is 79.9. The van der Waals surface area contributed by atoms with Crippen molar-refractivity contribution in [3.8, 4) is 0 Å². The van der Waals surface area contributed by atoms with Gasteiger partial charge >= 0.3 is 0 Å². The highest BCUT2D eigenvalue weighted by molar-refractivity contribution is 9.25. The zero-order valence-electron chi connectivity index (χ0n) is 11.3. The van der Waals surface area contributed by atoms with Crippen LogP contribution in [0, 0.1) is 0 Å². The first-order valence-electron chi connectivity index (χ1n) is 6.94. The van der Waals surface area contributed by atoms with E-state index in [1.165, 1.54) is 29.5 Å². The Kier molecular flexibility index (Phi) is 3.30. The van der Waals surface area contributed by atoms with E-state index in [1.807, 2.05) is 0 Å². The molecule has 2 heteroatoms. The Morgan fingerprint density at radius 3 is 2.47 bits per heavy atom. The van der Waals surface area contributed by atoms with Crippen LogP contribution in [-0.4, -0.2) is 3.23 Å². The first-order valence-corrected chi connectivity index (χ1v) is 8.53. The molecule has 0 nitrogen and oxygen atoms in total.